The highest BCUT2D eigenvalue weighted by atomic mass is 16.5. The van der Waals surface area contributed by atoms with Crippen LogP contribution in [0.4, 0.5) is 0 Å². The second-order valence-electron chi connectivity index (χ2n) is 5.23. The maximum Gasteiger partial charge on any atom is 0.236 e. The first-order valence-corrected chi connectivity index (χ1v) is 7.11. The van der Waals surface area contributed by atoms with Crippen molar-refractivity contribution in [2.75, 3.05) is 13.7 Å². The van der Waals surface area contributed by atoms with Gasteiger partial charge in [-0.25, -0.2) is 0 Å². The molecular weight excluding hydrogens is 266 g/mol. The first kappa shape index (κ1) is 17.0. The summed E-state index contributed by atoms with van der Waals surface area (Å²) in [5.74, 6) is 1.08. The van der Waals surface area contributed by atoms with E-state index in [-0.39, 0.29) is 18.6 Å². The highest BCUT2D eigenvalue weighted by Crippen LogP contribution is 2.18. The predicted octanol–water partition coefficient (Wildman–Crippen LogP) is 1.84. The molecule has 5 heteroatoms. The summed E-state index contributed by atoms with van der Waals surface area (Å²) in [5, 5.41) is 14.5. The van der Waals surface area contributed by atoms with E-state index in [1.807, 2.05) is 30.3 Å². The van der Waals surface area contributed by atoms with Gasteiger partial charge >= 0.3 is 0 Å². The van der Waals surface area contributed by atoms with Gasteiger partial charge in [0.1, 0.15) is 11.8 Å². The monoisotopic (exact) mass is 289 g/mol. The number of ether oxygens (including phenoxy) is 1. The fourth-order valence-electron chi connectivity index (χ4n) is 2.06. The lowest BCUT2D eigenvalue weighted by Gasteiger charge is -2.20. The molecule has 2 N–H and O–H groups in total. The molecule has 1 atom stereocenters. The number of nitrogens with one attached hydrogen (secondary N) is 2. The van der Waals surface area contributed by atoms with E-state index in [0.29, 0.717) is 18.2 Å². The van der Waals surface area contributed by atoms with E-state index in [0.717, 1.165) is 12.0 Å². The minimum atomic E-state index is -0.237. The third-order valence-electron chi connectivity index (χ3n) is 3.07. The van der Waals surface area contributed by atoms with Crippen LogP contribution in [0.5, 0.6) is 5.75 Å². The van der Waals surface area contributed by atoms with Gasteiger partial charge in [0.25, 0.3) is 0 Å². The third kappa shape index (κ3) is 5.84. The second kappa shape index (κ2) is 8.98. The molecule has 21 heavy (non-hydrogen) atoms. The topological polar surface area (TPSA) is 74.2 Å². The van der Waals surface area contributed by atoms with Crippen LogP contribution in [-0.2, 0) is 11.3 Å². The largest absolute Gasteiger partial charge is 0.478 e. The molecule has 0 aromatic heterocycles. The Morgan fingerprint density at radius 2 is 2.10 bits per heavy atom. The van der Waals surface area contributed by atoms with Gasteiger partial charge in [-0.1, -0.05) is 32.0 Å². The van der Waals surface area contributed by atoms with E-state index in [1.165, 1.54) is 0 Å². The molecule has 114 valence electrons. The van der Waals surface area contributed by atoms with Crippen LogP contribution in [0, 0.1) is 17.2 Å². The Morgan fingerprint density at radius 3 is 2.71 bits per heavy atom. The number of benzene rings is 1. The van der Waals surface area contributed by atoms with Gasteiger partial charge in [0.2, 0.25) is 5.91 Å². The van der Waals surface area contributed by atoms with Crippen molar-refractivity contribution in [1.29, 1.82) is 5.26 Å². The van der Waals surface area contributed by atoms with Crippen LogP contribution in [0.3, 0.4) is 0 Å². The smallest absolute Gasteiger partial charge is 0.236 e. The van der Waals surface area contributed by atoms with Crippen LogP contribution in [0.1, 0.15) is 25.8 Å². The maximum atomic E-state index is 11.9. The summed E-state index contributed by atoms with van der Waals surface area (Å²) < 4.78 is 5.38. The summed E-state index contributed by atoms with van der Waals surface area (Å²) in [6.45, 7) is 4.71. The van der Waals surface area contributed by atoms with Crippen LogP contribution in [0.2, 0.25) is 0 Å². The van der Waals surface area contributed by atoms with E-state index < -0.39 is 0 Å². The highest BCUT2D eigenvalue weighted by molar-refractivity contribution is 5.81. The summed E-state index contributed by atoms with van der Waals surface area (Å²) in [6.07, 6.45) is 0.765. The van der Waals surface area contributed by atoms with Crippen molar-refractivity contribution in [1.82, 2.24) is 10.6 Å². The lowest BCUT2D eigenvalue weighted by molar-refractivity contribution is -0.123. The summed E-state index contributed by atoms with van der Waals surface area (Å²) in [7, 11) is 1.64. The van der Waals surface area contributed by atoms with E-state index in [4.69, 9.17) is 10.00 Å². The van der Waals surface area contributed by atoms with Gasteiger partial charge in [0.15, 0.2) is 6.61 Å². The van der Waals surface area contributed by atoms with Crippen LogP contribution < -0.4 is 15.4 Å². The number of para-hydroxylation sites is 1. The summed E-state index contributed by atoms with van der Waals surface area (Å²) in [6, 6.07) is 9.24. The molecule has 1 amide bonds. The van der Waals surface area contributed by atoms with Gasteiger partial charge in [-0.2, -0.15) is 5.26 Å². The lowest BCUT2D eigenvalue weighted by atomic mass is 10.0. The third-order valence-corrected chi connectivity index (χ3v) is 3.07. The van der Waals surface area contributed by atoms with Gasteiger partial charge in [-0.3, -0.25) is 4.79 Å². The molecule has 1 rings (SSSR count). The highest BCUT2D eigenvalue weighted by Gasteiger charge is 2.18. The van der Waals surface area contributed by atoms with Crippen LogP contribution in [0.25, 0.3) is 0 Å². The number of nitrogens with zero attached hydrogens (tertiary/aromatic N) is 1. The zero-order valence-corrected chi connectivity index (χ0v) is 12.8. The van der Waals surface area contributed by atoms with Gasteiger partial charge in [-0.05, 0) is 18.4 Å². The van der Waals surface area contributed by atoms with Crippen molar-refractivity contribution in [3.8, 4) is 11.8 Å². The SMILES string of the molecule is CNC(=O)C(CC(C)C)NCc1ccccc1OCC#N. The number of hydrogen-bond acceptors (Lipinski definition) is 4. The molecule has 0 aliphatic carbocycles. The second-order valence-corrected chi connectivity index (χ2v) is 5.23. The Morgan fingerprint density at radius 1 is 1.38 bits per heavy atom. The Labute approximate surface area is 126 Å². The number of likely N-dealkylation sites (N-methyl/N-ethyl adjacent to an activating group) is 1. The molecule has 0 fully saturated rings. The fourth-order valence-corrected chi connectivity index (χ4v) is 2.06. The van der Waals surface area contributed by atoms with Crippen LogP contribution in [0.15, 0.2) is 24.3 Å². The number of rotatable bonds is 8. The average Bonchev–Trinajstić information content (AvgIpc) is 2.49. The number of nitriles is 1. The molecule has 0 saturated carbocycles. The fraction of sp³-hybridized carbons (Fsp3) is 0.500. The van der Waals surface area contributed by atoms with Crippen molar-refractivity contribution in [2.24, 2.45) is 5.92 Å². The molecule has 0 aliphatic rings. The Bertz CT molecular complexity index is 495. The van der Waals surface area contributed by atoms with Crippen molar-refractivity contribution in [3.05, 3.63) is 29.8 Å². The molecule has 0 heterocycles. The standard InChI is InChI=1S/C16H23N3O2/c1-12(2)10-14(16(20)18-3)19-11-13-6-4-5-7-15(13)21-9-8-17/h4-7,12,14,19H,9-11H2,1-3H3,(H,18,20). The van der Waals surface area contributed by atoms with Gasteiger partial charge in [0, 0.05) is 19.2 Å². The van der Waals surface area contributed by atoms with Crippen molar-refractivity contribution < 1.29 is 9.53 Å². The average molecular weight is 289 g/mol. The van der Waals surface area contributed by atoms with Gasteiger partial charge in [-0.15, -0.1) is 0 Å². The van der Waals surface area contributed by atoms with E-state index in [2.05, 4.69) is 24.5 Å². The number of carbonyl (C=O) groups is 1. The van der Waals surface area contributed by atoms with Crippen LogP contribution >= 0.6 is 0 Å². The van der Waals surface area contributed by atoms with Crippen molar-refractivity contribution >= 4 is 5.91 Å². The molecule has 1 aromatic rings. The van der Waals surface area contributed by atoms with E-state index in [9.17, 15) is 4.79 Å². The molecule has 0 spiro atoms. The maximum absolute atomic E-state index is 11.9. The molecule has 1 aromatic carbocycles. The molecule has 0 saturated heterocycles. The minimum Gasteiger partial charge on any atom is -0.478 e. The summed E-state index contributed by atoms with van der Waals surface area (Å²) in [4.78, 5) is 11.9. The van der Waals surface area contributed by atoms with Crippen molar-refractivity contribution in [2.45, 2.75) is 32.9 Å². The zero-order chi connectivity index (χ0) is 15.7. The van der Waals surface area contributed by atoms with Crippen LogP contribution in [-0.4, -0.2) is 25.6 Å². The Kier molecular flexibility index (Phi) is 7.27. The molecular formula is C16H23N3O2. The molecule has 5 nitrogen and oxygen atoms in total. The van der Waals surface area contributed by atoms with Gasteiger partial charge < -0.3 is 15.4 Å². The summed E-state index contributed by atoms with van der Waals surface area (Å²) in [5.41, 5.74) is 0.936. The lowest BCUT2D eigenvalue weighted by Crippen LogP contribution is -2.43. The molecule has 0 bridgehead atoms. The molecule has 0 radical (unpaired) electrons. The number of amides is 1. The van der Waals surface area contributed by atoms with E-state index >= 15 is 0 Å². The first-order valence-electron chi connectivity index (χ1n) is 7.11. The van der Waals surface area contributed by atoms with Gasteiger partial charge in [0.05, 0.1) is 6.04 Å². The first-order chi connectivity index (χ1) is 10.1. The Balaban J connectivity index is 2.71. The minimum absolute atomic E-state index is 0.0147. The van der Waals surface area contributed by atoms with E-state index in [1.54, 1.807) is 7.05 Å². The zero-order valence-electron chi connectivity index (χ0n) is 12.8. The predicted molar refractivity (Wildman–Crippen MR) is 81.7 cm³/mol. The normalized spacial score (nSPS) is 11.8. The number of carbonyl (C=O) groups excluding carboxylic acids is 1. The number of hydrogen-bond donors (Lipinski definition) is 2. The summed E-state index contributed by atoms with van der Waals surface area (Å²) >= 11 is 0. The Hall–Kier alpha value is -2.06. The quantitative estimate of drug-likeness (QED) is 0.766. The molecule has 0 aliphatic heterocycles. The molecule has 1 unspecified atom stereocenters. The van der Waals surface area contributed by atoms with Crippen molar-refractivity contribution in [3.63, 3.8) is 0 Å².